The average molecular weight is 685 g/mol. The molecule has 0 saturated carbocycles. The van der Waals surface area contributed by atoms with Crippen LogP contribution in [0.2, 0.25) is 0 Å². The molecule has 0 aliphatic heterocycles. The van der Waals surface area contributed by atoms with Gasteiger partial charge in [0.05, 0.1) is 0 Å². The van der Waals surface area contributed by atoms with Crippen LogP contribution in [0.5, 0.6) is 0 Å². The molecule has 0 amide bonds. The third kappa shape index (κ3) is 5.48. The van der Waals surface area contributed by atoms with Gasteiger partial charge in [0.15, 0.2) is 0 Å². The van der Waals surface area contributed by atoms with Crippen LogP contribution in [0.3, 0.4) is 0 Å². The van der Waals surface area contributed by atoms with Gasteiger partial charge in [0.2, 0.25) is 0 Å². The maximum atomic E-state index is 2.32. The van der Waals surface area contributed by atoms with Crippen LogP contribution in [0.1, 0.15) is 0 Å². The molecule has 10 rings (SSSR count). The molecule has 0 heteroatoms. The molecule has 0 bridgehead atoms. The van der Waals surface area contributed by atoms with Crippen molar-refractivity contribution in [3.05, 3.63) is 218 Å². The van der Waals surface area contributed by atoms with E-state index in [0.717, 1.165) is 0 Å². The Labute approximate surface area is 316 Å². The van der Waals surface area contributed by atoms with Crippen LogP contribution in [0.15, 0.2) is 218 Å². The van der Waals surface area contributed by atoms with E-state index in [-0.39, 0.29) is 0 Å². The summed E-state index contributed by atoms with van der Waals surface area (Å²) in [4.78, 5) is 0. The van der Waals surface area contributed by atoms with Crippen molar-refractivity contribution in [1.29, 1.82) is 0 Å². The highest BCUT2D eigenvalue weighted by molar-refractivity contribution is 6.21. The molecular weight excluding hydrogens is 649 g/mol. The molecule has 0 saturated heterocycles. The highest BCUT2D eigenvalue weighted by Gasteiger charge is 2.18. The minimum absolute atomic E-state index is 1.21. The maximum Gasteiger partial charge on any atom is -0.00206 e. The van der Waals surface area contributed by atoms with Crippen LogP contribution in [-0.2, 0) is 0 Å². The van der Waals surface area contributed by atoms with E-state index >= 15 is 0 Å². The van der Waals surface area contributed by atoms with E-state index in [9.17, 15) is 0 Å². The predicted molar refractivity (Wildman–Crippen MR) is 232 cm³/mol. The summed E-state index contributed by atoms with van der Waals surface area (Å²) < 4.78 is 0. The summed E-state index contributed by atoms with van der Waals surface area (Å²) in [6, 6.07) is 79.6. The summed E-state index contributed by atoms with van der Waals surface area (Å²) in [5.41, 5.74) is 14.8. The van der Waals surface area contributed by atoms with E-state index in [4.69, 9.17) is 0 Å². The third-order valence-corrected chi connectivity index (χ3v) is 10.9. The lowest BCUT2D eigenvalue weighted by atomic mass is 9.85. The normalized spacial score (nSPS) is 11.3. The number of rotatable bonds is 6. The van der Waals surface area contributed by atoms with Crippen LogP contribution < -0.4 is 0 Å². The van der Waals surface area contributed by atoms with Crippen molar-refractivity contribution in [3.8, 4) is 66.8 Å². The van der Waals surface area contributed by atoms with Crippen molar-refractivity contribution in [2.45, 2.75) is 0 Å². The zero-order valence-electron chi connectivity index (χ0n) is 29.8. The van der Waals surface area contributed by atoms with E-state index < -0.39 is 0 Å². The lowest BCUT2D eigenvalue weighted by Crippen LogP contribution is -1.92. The van der Waals surface area contributed by atoms with Crippen molar-refractivity contribution < 1.29 is 0 Å². The molecule has 0 aromatic heterocycles. The number of benzene rings is 10. The van der Waals surface area contributed by atoms with Crippen LogP contribution in [0.4, 0.5) is 0 Å². The fourth-order valence-electron chi connectivity index (χ4n) is 8.40. The second-order valence-corrected chi connectivity index (χ2v) is 14.0. The molecule has 0 heterocycles. The van der Waals surface area contributed by atoms with Crippen molar-refractivity contribution in [3.63, 3.8) is 0 Å². The third-order valence-electron chi connectivity index (χ3n) is 10.9. The fraction of sp³-hybridized carbons (Fsp3) is 0. The van der Waals surface area contributed by atoms with Gasteiger partial charge in [-0.1, -0.05) is 218 Å². The summed E-state index contributed by atoms with van der Waals surface area (Å²) in [6.45, 7) is 0. The van der Waals surface area contributed by atoms with Gasteiger partial charge in [0, 0.05) is 0 Å². The Balaban J connectivity index is 1.12. The van der Waals surface area contributed by atoms with Gasteiger partial charge in [-0.2, -0.15) is 0 Å². The Kier molecular flexibility index (Phi) is 7.93. The first kappa shape index (κ1) is 31.7. The quantitative estimate of drug-likeness (QED) is 0.153. The molecule has 0 spiro atoms. The predicted octanol–water partition coefficient (Wildman–Crippen LogP) is 15.1. The lowest BCUT2D eigenvalue weighted by molar-refractivity contribution is 1.60. The second-order valence-electron chi connectivity index (χ2n) is 14.0. The number of hydrogen-bond acceptors (Lipinski definition) is 0. The Morgan fingerprint density at radius 2 is 0.481 bits per heavy atom. The minimum atomic E-state index is 1.21. The van der Waals surface area contributed by atoms with E-state index in [1.165, 1.54) is 99.1 Å². The van der Waals surface area contributed by atoms with Gasteiger partial charge in [-0.05, 0) is 99.1 Å². The minimum Gasteiger partial charge on any atom is -0.0622 e. The fourth-order valence-corrected chi connectivity index (χ4v) is 8.40. The zero-order valence-corrected chi connectivity index (χ0v) is 29.8. The van der Waals surface area contributed by atoms with Crippen molar-refractivity contribution >= 4 is 32.3 Å². The SMILES string of the molecule is c1ccc(-c2ccc(-c3c4ccccc4c(-c4ccc(-c5ccc(-c6ccccc6)c6c(-c7ccccc7)cccc56)cc4)c4ccccc34)cc2)cc1. The van der Waals surface area contributed by atoms with Crippen molar-refractivity contribution in [2.24, 2.45) is 0 Å². The van der Waals surface area contributed by atoms with Gasteiger partial charge in [-0.25, -0.2) is 0 Å². The zero-order chi connectivity index (χ0) is 35.8. The van der Waals surface area contributed by atoms with Gasteiger partial charge in [-0.15, -0.1) is 0 Å². The molecule has 0 aliphatic carbocycles. The Morgan fingerprint density at radius 1 is 0.167 bits per heavy atom. The Hall–Kier alpha value is -7.02. The molecule has 0 unspecified atom stereocenters. The van der Waals surface area contributed by atoms with Gasteiger partial charge >= 0.3 is 0 Å². The van der Waals surface area contributed by atoms with E-state index in [2.05, 4.69) is 218 Å². The van der Waals surface area contributed by atoms with E-state index in [1.807, 2.05) is 0 Å². The molecule has 0 nitrogen and oxygen atoms in total. The highest BCUT2D eigenvalue weighted by atomic mass is 14.2. The summed E-state index contributed by atoms with van der Waals surface area (Å²) >= 11 is 0. The van der Waals surface area contributed by atoms with Crippen molar-refractivity contribution in [1.82, 2.24) is 0 Å². The monoisotopic (exact) mass is 684 g/mol. The molecule has 54 heavy (non-hydrogen) atoms. The smallest absolute Gasteiger partial charge is 0.00206 e. The number of hydrogen-bond donors (Lipinski definition) is 0. The second kappa shape index (κ2) is 13.5. The van der Waals surface area contributed by atoms with Gasteiger partial charge in [0.25, 0.3) is 0 Å². The number of fused-ring (bicyclic) bond motifs is 3. The summed E-state index contributed by atoms with van der Waals surface area (Å²) in [6.07, 6.45) is 0. The molecule has 0 N–H and O–H groups in total. The lowest BCUT2D eigenvalue weighted by Gasteiger charge is -2.19. The van der Waals surface area contributed by atoms with Gasteiger partial charge in [0.1, 0.15) is 0 Å². The molecular formula is C54H36. The molecule has 0 aliphatic rings. The molecule has 0 fully saturated rings. The Morgan fingerprint density at radius 3 is 0.963 bits per heavy atom. The molecule has 10 aromatic carbocycles. The molecule has 10 aromatic rings. The first-order valence-electron chi connectivity index (χ1n) is 18.7. The highest BCUT2D eigenvalue weighted by Crippen LogP contribution is 2.45. The average Bonchev–Trinajstić information content (AvgIpc) is 3.26. The topological polar surface area (TPSA) is 0 Å². The summed E-state index contributed by atoms with van der Waals surface area (Å²) in [5.74, 6) is 0. The first-order chi connectivity index (χ1) is 26.8. The van der Waals surface area contributed by atoms with Crippen LogP contribution >= 0.6 is 0 Å². The van der Waals surface area contributed by atoms with Crippen LogP contribution in [0.25, 0.3) is 99.1 Å². The standard InChI is InChI=1S/C54H36/c1-4-15-37(16-5-1)38-27-31-42(32-28-38)52-48-21-10-12-23-50(48)53(51-24-13-11-22-49(51)52)43-33-29-41(30-34-43)44-35-36-46(40-19-8-3-9-20-40)54-45(25-14-26-47(44)54)39-17-6-2-7-18-39/h1-36H. The largest absolute Gasteiger partial charge is 0.0622 e. The Bertz CT molecular complexity index is 2820. The molecule has 0 radical (unpaired) electrons. The maximum absolute atomic E-state index is 2.32. The molecule has 0 atom stereocenters. The van der Waals surface area contributed by atoms with Gasteiger partial charge in [-0.3, -0.25) is 0 Å². The van der Waals surface area contributed by atoms with Crippen LogP contribution in [-0.4, -0.2) is 0 Å². The van der Waals surface area contributed by atoms with Crippen LogP contribution in [0, 0.1) is 0 Å². The van der Waals surface area contributed by atoms with E-state index in [0.29, 0.717) is 0 Å². The van der Waals surface area contributed by atoms with E-state index in [1.54, 1.807) is 0 Å². The van der Waals surface area contributed by atoms with Crippen molar-refractivity contribution in [2.75, 3.05) is 0 Å². The summed E-state index contributed by atoms with van der Waals surface area (Å²) in [7, 11) is 0. The summed E-state index contributed by atoms with van der Waals surface area (Å²) in [5, 5.41) is 7.58. The molecule has 252 valence electrons. The first-order valence-corrected chi connectivity index (χ1v) is 18.7. The van der Waals surface area contributed by atoms with Gasteiger partial charge < -0.3 is 0 Å².